The molecule has 0 heterocycles. The summed E-state index contributed by atoms with van der Waals surface area (Å²) < 4.78 is 25.6. The number of nitrogen functional groups attached to an aromatic ring is 1. The summed E-state index contributed by atoms with van der Waals surface area (Å²) in [5.74, 6) is 0.149. The molecule has 0 aliphatic heterocycles. The van der Waals surface area contributed by atoms with E-state index in [0.29, 0.717) is 11.4 Å². The molecule has 0 aliphatic rings. The minimum atomic E-state index is -3.66. The summed E-state index contributed by atoms with van der Waals surface area (Å²) in [5, 5.41) is 2.54. The first-order valence-electron chi connectivity index (χ1n) is 6.39. The Morgan fingerprint density at radius 1 is 1.29 bits per heavy atom. The fraction of sp³-hybridized carbons (Fsp3) is 0.462. The molecule has 0 aromatic heterocycles. The van der Waals surface area contributed by atoms with Crippen molar-refractivity contribution in [1.82, 2.24) is 10.0 Å². The Bertz CT molecular complexity index is 595. The standard InChI is InChI=1S/C13H21N3O3S2/c1-13(2,3)15-12(17)16-21(18,19)9-8-20-11-7-5-4-6-10(11)14/h4-7H,8-9,14H2,1-3H3,(H2,15,16,17). The van der Waals surface area contributed by atoms with Gasteiger partial charge in [0.25, 0.3) is 0 Å². The lowest BCUT2D eigenvalue weighted by atomic mass is 10.1. The molecule has 1 aromatic carbocycles. The Balaban J connectivity index is 2.47. The van der Waals surface area contributed by atoms with Crippen molar-refractivity contribution in [2.45, 2.75) is 31.2 Å². The van der Waals surface area contributed by atoms with Crippen molar-refractivity contribution in [3.63, 3.8) is 0 Å². The molecular weight excluding hydrogens is 310 g/mol. The molecule has 0 radical (unpaired) electrons. The van der Waals surface area contributed by atoms with Gasteiger partial charge in [-0.2, -0.15) is 0 Å². The van der Waals surface area contributed by atoms with E-state index in [2.05, 4.69) is 5.32 Å². The maximum atomic E-state index is 11.8. The second-order valence-corrected chi connectivity index (χ2v) is 8.49. The van der Waals surface area contributed by atoms with Crippen LogP contribution in [0.1, 0.15) is 20.8 Å². The third-order valence-corrected chi connectivity index (χ3v) is 4.85. The number of thioether (sulfide) groups is 1. The van der Waals surface area contributed by atoms with Gasteiger partial charge in [0.15, 0.2) is 0 Å². The number of amides is 2. The molecule has 6 nitrogen and oxygen atoms in total. The first kappa shape index (κ1) is 17.6. The number of nitrogens with one attached hydrogen (secondary N) is 2. The number of hydrogen-bond acceptors (Lipinski definition) is 5. The van der Waals surface area contributed by atoms with Gasteiger partial charge in [0, 0.05) is 21.9 Å². The molecule has 1 aromatic rings. The van der Waals surface area contributed by atoms with E-state index >= 15 is 0 Å². The Morgan fingerprint density at radius 3 is 2.48 bits per heavy atom. The summed E-state index contributed by atoms with van der Waals surface area (Å²) in [4.78, 5) is 12.4. The van der Waals surface area contributed by atoms with E-state index in [1.807, 2.05) is 22.9 Å². The predicted octanol–water partition coefficient (Wildman–Crippen LogP) is 1.79. The molecular formula is C13H21N3O3S2. The van der Waals surface area contributed by atoms with Crippen LogP contribution >= 0.6 is 11.8 Å². The lowest BCUT2D eigenvalue weighted by Gasteiger charge is -2.20. The smallest absolute Gasteiger partial charge is 0.328 e. The van der Waals surface area contributed by atoms with Gasteiger partial charge in [-0.25, -0.2) is 17.9 Å². The zero-order valence-corrected chi connectivity index (χ0v) is 14.0. The van der Waals surface area contributed by atoms with Crippen LogP contribution in [0.4, 0.5) is 10.5 Å². The number of urea groups is 1. The van der Waals surface area contributed by atoms with Gasteiger partial charge >= 0.3 is 6.03 Å². The lowest BCUT2D eigenvalue weighted by molar-refractivity contribution is 0.237. The highest BCUT2D eigenvalue weighted by molar-refractivity contribution is 8.00. The summed E-state index contributed by atoms with van der Waals surface area (Å²) in [5.41, 5.74) is 5.89. The van der Waals surface area contributed by atoms with E-state index in [1.165, 1.54) is 11.8 Å². The molecule has 0 saturated heterocycles. The molecule has 0 saturated carbocycles. The van der Waals surface area contributed by atoms with Crippen LogP contribution in [0.3, 0.4) is 0 Å². The molecule has 8 heteroatoms. The zero-order valence-electron chi connectivity index (χ0n) is 12.3. The maximum absolute atomic E-state index is 11.8. The highest BCUT2D eigenvalue weighted by Crippen LogP contribution is 2.24. The van der Waals surface area contributed by atoms with Crippen molar-refractivity contribution in [3.05, 3.63) is 24.3 Å². The molecule has 1 rings (SSSR count). The number of nitrogens with two attached hydrogens (primary N) is 1. The van der Waals surface area contributed by atoms with Crippen molar-refractivity contribution in [1.29, 1.82) is 0 Å². The van der Waals surface area contributed by atoms with Gasteiger partial charge in [-0.1, -0.05) is 12.1 Å². The van der Waals surface area contributed by atoms with E-state index in [-0.39, 0.29) is 5.75 Å². The van der Waals surface area contributed by atoms with Crippen molar-refractivity contribution < 1.29 is 13.2 Å². The number of benzene rings is 1. The number of carbonyl (C=O) groups excluding carboxylic acids is 1. The van der Waals surface area contributed by atoms with E-state index < -0.39 is 21.6 Å². The van der Waals surface area contributed by atoms with Crippen LogP contribution in [0, 0.1) is 0 Å². The van der Waals surface area contributed by atoms with Crippen LogP contribution in [0.25, 0.3) is 0 Å². The molecule has 0 bridgehead atoms. The summed E-state index contributed by atoms with van der Waals surface area (Å²) in [6, 6.07) is 6.52. The molecule has 0 aliphatic carbocycles. The topological polar surface area (TPSA) is 101 Å². The number of hydrogen-bond donors (Lipinski definition) is 3. The Kier molecular flexibility index (Phi) is 5.91. The minimum absolute atomic E-state index is 0.163. The van der Waals surface area contributed by atoms with Gasteiger partial charge in [-0.05, 0) is 32.9 Å². The highest BCUT2D eigenvalue weighted by atomic mass is 32.2. The van der Waals surface area contributed by atoms with Crippen LogP contribution in [-0.2, 0) is 10.0 Å². The third-order valence-electron chi connectivity index (χ3n) is 2.27. The van der Waals surface area contributed by atoms with Crippen LogP contribution < -0.4 is 15.8 Å². The van der Waals surface area contributed by atoms with Crippen LogP contribution in [0.2, 0.25) is 0 Å². The SMILES string of the molecule is CC(C)(C)NC(=O)NS(=O)(=O)CCSc1ccccc1N. The fourth-order valence-corrected chi connectivity index (χ4v) is 3.71. The number of anilines is 1. The fourth-order valence-electron chi connectivity index (χ4n) is 1.43. The van der Waals surface area contributed by atoms with Crippen LogP contribution in [-0.4, -0.2) is 31.5 Å². The summed E-state index contributed by atoms with van der Waals surface area (Å²) >= 11 is 1.34. The van der Waals surface area contributed by atoms with Gasteiger partial charge in [-0.15, -0.1) is 11.8 Å². The maximum Gasteiger partial charge on any atom is 0.328 e. The Morgan fingerprint density at radius 2 is 1.90 bits per heavy atom. The average Bonchev–Trinajstić information content (AvgIpc) is 2.27. The normalized spacial score (nSPS) is 12.0. The van der Waals surface area contributed by atoms with E-state index in [0.717, 1.165) is 4.90 Å². The molecule has 4 N–H and O–H groups in total. The summed E-state index contributed by atoms with van der Waals surface area (Å²) in [7, 11) is -3.66. The second-order valence-electron chi connectivity index (χ2n) is 5.51. The van der Waals surface area contributed by atoms with Crippen LogP contribution in [0.5, 0.6) is 0 Å². The molecule has 118 valence electrons. The summed E-state index contributed by atoms with van der Waals surface area (Å²) in [6.45, 7) is 5.31. The molecule has 0 spiro atoms. The van der Waals surface area contributed by atoms with E-state index in [9.17, 15) is 13.2 Å². The Hall–Kier alpha value is -1.41. The van der Waals surface area contributed by atoms with Gasteiger partial charge in [0.05, 0.1) is 5.75 Å². The lowest BCUT2D eigenvalue weighted by Crippen LogP contribution is -2.48. The first-order valence-corrected chi connectivity index (χ1v) is 9.03. The number of sulfonamides is 1. The van der Waals surface area contributed by atoms with Gasteiger partial charge in [0.1, 0.15) is 0 Å². The van der Waals surface area contributed by atoms with E-state index in [1.54, 1.807) is 26.8 Å². The van der Waals surface area contributed by atoms with Crippen molar-refractivity contribution >= 4 is 33.5 Å². The van der Waals surface area contributed by atoms with Gasteiger partial charge in [0.2, 0.25) is 10.0 Å². The number of carbonyl (C=O) groups is 1. The highest BCUT2D eigenvalue weighted by Gasteiger charge is 2.19. The molecule has 21 heavy (non-hydrogen) atoms. The predicted molar refractivity (Wildman–Crippen MR) is 86.8 cm³/mol. The van der Waals surface area contributed by atoms with Crippen molar-refractivity contribution in [2.24, 2.45) is 0 Å². The molecule has 0 unspecified atom stereocenters. The zero-order chi connectivity index (χ0) is 16.1. The quantitative estimate of drug-likeness (QED) is 0.564. The Labute approximate surface area is 129 Å². The van der Waals surface area contributed by atoms with Crippen molar-refractivity contribution in [3.8, 4) is 0 Å². The first-order chi connectivity index (χ1) is 9.59. The number of para-hydroxylation sites is 1. The van der Waals surface area contributed by atoms with E-state index in [4.69, 9.17) is 5.73 Å². The second kappa shape index (κ2) is 7.04. The third kappa shape index (κ3) is 7.24. The van der Waals surface area contributed by atoms with Crippen molar-refractivity contribution in [2.75, 3.05) is 17.2 Å². The van der Waals surface area contributed by atoms with Crippen LogP contribution in [0.15, 0.2) is 29.2 Å². The summed E-state index contributed by atoms with van der Waals surface area (Å²) in [6.07, 6.45) is 0. The van der Waals surface area contributed by atoms with Gasteiger partial charge in [-0.3, -0.25) is 0 Å². The molecule has 0 fully saturated rings. The van der Waals surface area contributed by atoms with Gasteiger partial charge < -0.3 is 11.1 Å². The average molecular weight is 331 g/mol. The molecule has 0 atom stereocenters. The minimum Gasteiger partial charge on any atom is -0.398 e. The molecule has 2 amide bonds. The monoisotopic (exact) mass is 331 g/mol. The largest absolute Gasteiger partial charge is 0.398 e. The number of rotatable bonds is 5.